The number of hydrogen-bond acceptors (Lipinski definition) is 2. The number of carboxylic acid groups (broad SMARTS) is 1. The van der Waals surface area contributed by atoms with Crippen LogP contribution in [0.25, 0.3) is 0 Å². The molecule has 3 nitrogen and oxygen atoms in total. The Morgan fingerprint density at radius 3 is 2.77 bits per heavy atom. The Kier molecular flexibility index (Phi) is 2.72. The van der Waals surface area contributed by atoms with E-state index in [2.05, 4.69) is 0 Å². The number of nitrogen functional groups attached to an aromatic ring is 1. The van der Waals surface area contributed by atoms with Gasteiger partial charge in [-0.15, -0.1) is 0 Å². The second-order valence-corrected chi connectivity index (χ2v) is 2.94. The van der Waals surface area contributed by atoms with E-state index in [0.29, 0.717) is 0 Å². The van der Waals surface area contributed by atoms with Gasteiger partial charge < -0.3 is 10.8 Å². The Hall–Kier alpha value is -1.29. The summed E-state index contributed by atoms with van der Waals surface area (Å²) in [6, 6.07) is 2.24. The van der Waals surface area contributed by atoms with Crippen LogP contribution < -0.4 is 5.73 Å². The molecule has 0 radical (unpaired) electrons. The Labute approximate surface area is 78.9 Å². The molecule has 0 aliphatic heterocycles. The number of halogens is 2. The third-order valence-corrected chi connectivity index (χ3v) is 1.83. The van der Waals surface area contributed by atoms with Gasteiger partial charge in [-0.05, 0) is 12.1 Å². The maximum Gasteiger partial charge on any atom is 0.307 e. The maximum atomic E-state index is 13.0. The van der Waals surface area contributed by atoms with Gasteiger partial charge in [0.2, 0.25) is 0 Å². The number of carboxylic acids is 1. The third kappa shape index (κ3) is 2.32. The van der Waals surface area contributed by atoms with Crippen LogP contribution in [-0.2, 0) is 11.2 Å². The third-order valence-electron chi connectivity index (χ3n) is 1.51. The van der Waals surface area contributed by atoms with E-state index in [1.54, 1.807) is 0 Å². The molecule has 1 aromatic carbocycles. The topological polar surface area (TPSA) is 63.3 Å². The Morgan fingerprint density at radius 2 is 2.23 bits per heavy atom. The maximum absolute atomic E-state index is 13.0. The molecule has 0 aromatic heterocycles. The van der Waals surface area contributed by atoms with Crippen molar-refractivity contribution >= 4 is 23.3 Å². The van der Waals surface area contributed by atoms with Gasteiger partial charge in [0, 0.05) is 5.56 Å². The number of aliphatic carboxylic acids is 1. The molecule has 0 aliphatic rings. The van der Waals surface area contributed by atoms with Crippen molar-refractivity contribution in [3.63, 3.8) is 0 Å². The number of rotatable bonds is 2. The molecule has 1 rings (SSSR count). The second-order valence-electron chi connectivity index (χ2n) is 2.54. The van der Waals surface area contributed by atoms with Crippen molar-refractivity contribution in [2.24, 2.45) is 0 Å². The summed E-state index contributed by atoms with van der Waals surface area (Å²) < 4.78 is 13.0. The zero-order valence-corrected chi connectivity index (χ0v) is 7.31. The monoisotopic (exact) mass is 203 g/mol. The van der Waals surface area contributed by atoms with Crippen LogP contribution in [0.2, 0.25) is 5.02 Å². The minimum absolute atomic E-state index is 0.0340. The van der Waals surface area contributed by atoms with Crippen LogP contribution in [0.4, 0.5) is 10.1 Å². The van der Waals surface area contributed by atoms with Gasteiger partial charge in [0.25, 0.3) is 0 Å². The molecule has 3 N–H and O–H groups in total. The van der Waals surface area contributed by atoms with Gasteiger partial charge in [-0.1, -0.05) is 11.6 Å². The van der Waals surface area contributed by atoms with Gasteiger partial charge in [-0.25, -0.2) is 4.39 Å². The van der Waals surface area contributed by atoms with Gasteiger partial charge in [0.15, 0.2) is 0 Å². The first-order chi connectivity index (χ1) is 6.00. The molecule has 0 atom stereocenters. The minimum atomic E-state index is -1.11. The lowest BCUT2D eigenvalue weighted by Crippen LogP contribution is -2.03. The van der Waals surface area contributed by atoms with E-state index in [1.165, 1.54) is 6.07 Å². The summed E-state index contributed by atoms with van der Waals surface area (Å²) in [6.45, 7) is 0. The fraction of sp³-hybridized carbons (Fsp3) is 0.125. The molecule has 0 heterocycles. The van der Waals surface area contributed by atoms with Crippen LogP contribution in [0.15, 0.2) is 12.1 Å². The van der Waals surface area contributed by atoms with E-state index in [9.17, 15) is 9.18 Å². The summed E-state index contributed by atoms with van der Waals surface area (Å²) in [6.07, 6.45) is -0.397. The highest BCUT2D eigenvalue weighted by atomic mass is 35.5. The van der Waals surface area contributed by atoms with Crippen molar-refractivity contribution < 1.29 is 14.3 Å². The van der Waals surface area contributed by atoms with Gasteiger partial charge in [0.05, 0.1) is 17.1 Å². The highest BCUT2D eigenvalue weighted by Crippen LogP contribution is 2.22. The lowest BCUT2D eigenvalue weighted by Gasteiger charge is -2.03. The molecule has 0 spiro atoms. The van der Waals surface area contributed by atoms with Gasteiger partial charge in [-0.2, -0.15) is 0 Å². The molecule has 0 fully saturated rings. The second kappa shape index (κ2) is 3.62. The van der Waals surface area contributed by atoms with Crippen LogP contribution >= 0.6 is 11.6 Å². The summed E-state index contributed by atoms with van der Waals surface area (Å²) in [5, 5.41) is 8.58. The molecule has 0 bridgehead atoms. The molecule has 0 saturated carbocycles. The highest BCUT2D eigenvalue weighted by molar-refractivity contribution is 6.33. The molecule has 5 heteroatoms. The number of anilines is 1. The standard InChI is InChI=1S/C8H7ClFNO2/c9-5-1-4(2-8(12)13)6(10)3-7(5)11/h1,3H,2,11H2,(H,12,13). The zero-order chi connectivity index (χ0) is 10.0. The molecule has 0 saturated heterocycles. The Balaban J connectivity index is 3.08. The zero-order valence-electron chi connectivity index (χ0n) is 6.55. The van der Waals surface area contributed by atoms with Crippen LogP contribution in [-0.4, -0.2) is 11.1 Å². The van der Waals surface area contributed by atoms with Crippen LogP contribution in [0.1, 0.15) is 5.56 Å². The highest BCUT2D eigenvalue weighted by Gasteiger charge is 2.09. The normalized spacial score (nSPS) is 10.0. The smallest absolute Gasteiger partial charge is 0.307 e. The van der Waals surface area contributed by atoms with E-state index in [4.69, 9.17) is 22.4 Å². The summed E-state index contributed by atoms with van der Waals surface area (Å²) in [5.41, 5.74) is 5.44. The van der Waals surface area contributed by atoms with Crippen molar-refractivity contribution in [1.82, 2.24) is 0 Å². The van der Waals surface area contributed by atoms with Crippen LogP contribution in [0.5, 0.6) is 0 Å². The molecule has 13 heavy (non-hydrogen) atoms. The first-order valence-corrected chi connectivity index (χ1v) is 3.83. The van der Waals surface area contributed by atoms with Crippen molar-refractivity contribution in [3.05, 3.63) is 28.5 Å². The predicted octanol–water partition coefficient (Wildman–Crippen LogP) is 1.69. The largest absolute Gasteiger partial charge is 0.481 e. The van der Waals surface area contributed by atoms with Gasteiger partial charge in [0.1, 0.15) is 5.82 Å². The van der Waals surface area contributed by atoms with E-state index in [-0.39, 0.29) is 16.3 Å². The summed E-state index contributed by atoms with van der Waals surface area (Å²) >= 11 is 5.58. The number of hydrogen-bond donors (Lipinski definition) is 2. The summed E-state index contributed by atoms with van der Waals surface area (Å²) in [5.74, 6) is -1.76. The lowest BCUT2D eigenvalue weighted by atomic mass is 10.1. The van der Waals surface area contributed by atoms with Crippen molar-refractivity contribution in [3.8, 4) is 0 Å². The van der Waals surface area contributed by atoms with Crippen LogP contribution in [0.3, 0.4) is 0 Å². The molecule has 1 aromatic rings. The quantitative estimate of drug-likeness (QED) is 0.719. The molecule has 70 valence electrons. The van der Waals surface area contributed by atoms with Crippen molar-refractivity contribution in [2.45, 2.75) is 6.42 Å². The van der Waals surface area contributed by atoms with E-state index in [1.807, 2.05) is 0 Å². The lowest BCUT2D eigenvalue weighted by molar-refractivity contribution is -0.136. The molecule has 0 aliphatic carbocycles. The summed E-state index contributed by atoms with van der Waals surface area (Å²) in [7, 11) is 0. The molecule has 0 unspecified atom stereocenters. The van der Waals surface area contributed by atoms with Gasteiger partial charge in [-0.3, -0.25) is 4.79 Å². The fourth-order valence-electron chi connectivity index (χ4n) is 0.902. The van der Waals surface area contributed by atoms with Crippen molar-refractivity contribution in [1.29, 1.82) is 0 Å². The predicted molar refractivity (Wildman–Crippen MR) is 47.2 cm³/mol. The Bertz CT molecular complexity index is 354. The van der Waals surface area contributed by atoms with E-state index < -0.39 is 18.2 Å². The molecule has 0 amide bonds. The Morgan fingerprint density at radius 1 is 1.62 bits per heavy atom. The minimum Gasteiger partial charge on any atom is -0.481 e. The van der Waals surface area contributed by atoms with E-state index >= 15 is 0 Å². The molecular weight excluding hydrogens is 197 g/mol. The number of benzene rings is 1. The van der Waals surface area contributed by atoms with Crippen molar-refractivity contribution in [2.75, 3.05) is 5.73 Å². The summed E-state index contributed by atoms with van der Waals surface area (Å²) in [4.78, 5) is 10.3. The number of carbonyl (C=O) groups is 1. The fourth-order valence-corrected chi connectivity index (χ4v) is 1.09. The average molecular weight is 204 g/mol. The first kappa shape index (κ1) is 9.80. The van der Waals surface area contributed by atoms with Crippen LogP contribution in [0, 0.1) is 5.82 Å². The average Bonchev–Trinajstić information content (AvgIpc) is 1.99. The van der Waals surface area contributed by atoms with Gasteiger partial charge >= 0.3 is 5.97 Å². The molecular formula is C8H7ClFNO2. The number of nitrogens with two attached hydrogens (primary N) is 1. The first-order valence-electron chi connectivity index (χ1n) is 3.46. The SMILES string of the molecule is Nc1cc(F)c(CC(=O)O)cc1Cl. The van der Waals surface area contributed by atoms with E-state index in [0.717, 1.165) is 6.07 Å².